The molecule has 0 saturated heterocycles. The average molecular weight is 263 g/mol. The maximum Gasteiger partial charge on any atom is 0.306 e. The van der Waals surface area contributed by atoms with Crippen molar-refractivity contribution in [2.45, 2.75) is 18.7 Å². The molecule has 0 unspecified atom stereocenters. The van der Waals surface area contributed by atoms with Crippen molar-refractivity contribution >= 4 is 10.0 Å². The minimum atomic E-state index is -3.53. The van der Waals surface area contributed by atoms with Gasteiger partial charge in [0.25, 0.3) is 0 Å². The summed E-state index contributed by atoms with van der Waals surface area (Å²) < 4.78 is 25.6. The highest BCUT2D eigenvalue weighted by Gasteiger charge is 2.17. The molecule has 0 fully saturated rings. The lowest BCUT2D eigenvalue weighted by Crippen LogP contribution is -2.47. The van der Waals surface area contributed by atoms with Crippen LogP contribution in [0, 0.1) is 13.8 Å². The lowest BCUT2D eigenvalue weighted by atomic mass is 10.2. The molecule has 0 bridgehead atoms. The Balaban J connectivity index is 2.27. The summed E-state index contributed by atoms with van der Waals surface area (Å²) in [5.74, 6) is 0. The third-order valence-electron chi connectivity index (χ3n) is 2.55. The van der Waals surface area contributed by atoms with Gasteiger partial charge >= 0.3 is 10.0 Å². The van der Waals surface area contributed by atoms with E-state index in [9.17, 15) is 8.42 Å². The van der Waals surface area contributed by atoms with Crippen molar-refractivity contribution in [2.24, 2.45) is 0 Å². The van der Waals surface area contributed by atoms with Crippen LogP contribution in [0.5, 0.6) is 0 Å². The molecule has 2 aromatic rings. The van der Waals surface area contributed by atoms with E-state index in [4.69, 9.17) is 0 Å². The van der Waals surface area contributed by atoms with Crippen LogP contribution >= 0.6 is 0 Å². The molecule has 1 aromatic heterocycles. The third kappa shape index (κ3) is 2.87. The van der Waals surface area contributed by atoms with Crippen molar-refractivity contribution in [3.05, 3.63) is 59.9 Å². The summed E-state index contributed by atoms with van der Waals surface area (Å²) in [6.07, 6.45) is 3.34. The zero-order valence-electron chi connectivity index (χ0n) is 10.3. The molecule has 0 aliphatic rings. The highest BCUT2D eigenvalue weighted by atomic mass is 32.2. The Labute approximate surface area is 107 Å². The first kappa shape index (κ1) is 12.6. The van der Waals surface area contributed by atoms with Crippen molar-refractivity contribution in [1.29, 1.82) is 0 Å². The van der Waals surface area contributed by atoms with Gasteiger partial charge in [-0.2, -0.15) is 8.42 Å². The fraction of sp³-hybridized carbons (Fsp3) is 0.154. The fourth-order valence-corrected chi connectivity index (χ4v) is 2.47. The van der Waals surface area contributed by atoms with Crippen LogP contribution in [0.25, 0.3) is 0 Å². The normalized spacial score (nSPS) is 11.2. The number of aryl methyl sites for hydroxylation is 2. The van der Waals surface area contributed by atoms with Gasteiger partial charge in [-0.15, -0.1) is 0 Å². The van der Waals surface area contributed by atoms with E-state index in [2.05, 4.69) is 4.83 Å². The lowest BCUT2D eigenvalue weighted by Gasteiger charge is -2.03. The van der Waals surface area contributed by atoms with Crippen molar-refractivity contribution in [3.63, 3.8) is 0 Å². The number of benzene rings is 1. The molecule has 1 heterocycles. The van der Waals surface area contributed by atoms with Gasteiger partial charge in [-0.25, -0.2) is 0 Å². The first-order chi connectivity index (χ1) is 8.47. The van der Waals surface area contributed by atoms with E-state index >= 15 is 0 Å². The SMILES string of the molecule is Cc1ccc(S(=O)(=O)N[n+]2ccc(C)cc2)cc1. The maximum atomic E-state index is 12.1. The van der Waals surface area contributed by atoms with Crippen molar-refractivity contribution in [2.75, 3.05) is 4.83 Å². The fourth-order valence-electron chi connectivity index (χ4n) is 1.47. The Morgan fingerprint density at radius 3 is 1.94 bits per heavy atom. The number of sulfonamides is 1. The van der Waals surface area contributed by atoms with E-state index in [1.54, 1.807) is 36.7 Å². The number of nitrogens with one attached hydrogen (secondary N) is 1. The molecule has 0 aliphatic heterocycles. The van der Waals surface area contributed by atoms with Gasteiger partial charge in [0.1, 0.15) is 0 Å². The molecular formula is C13H15N2O2S+. The van der Waals surface area contributed by atoms with Gasteiger partial charge < -0.3 is 0 Å². The van der Waals surface area contributed by atoms with Gasteiger partial charge in [-0.3, -0.25) is 0 Å². The van der Waals surface area contributed by atoms with E-state index in [1.165, 1.54) is 4.68 Å². The number of pyridine rings is 1. The first-order valence-corrected chi connectivity index (χ1v) is 7.03. The molecule has 4 nitrogen and oxygen atoms in total. The Morgan fingerprint density at radius 2 is 1.39 bits per heavy atom. The molecule has 0 amide bonds. The van der Waals surface area contributed by atoms with Crippen molar-refractivity contribution in [1.82, 2.24) is 0 Å². The van der Waals surface area contributed by atoms with Gasteiger partial charge in [-0.1, -0.05) is 27.2 Å². The second-order valence-electron chi connectivity index (χ2n) is 4.19. The quantitative estimate of drug-likeness (QED) is 0.854. The van der Waals surface area contributed by atoms with Crippen LogP contribution in [-0.4, -0.2) is 8.42 Å². The molecule has 5 heteroatoms. The Morgan fingerprint density at radius 1 is 0.889 bits per heavy atom. The number of nitrogens with zero attached hydrogens (tertiary/aromatic N) is 1. The van der Waals surface area contributed by atoms with Crippen molar-refractivity contribution < 1.29 is 13.1 Å². The molecule has 0 saturated carbocycles. The number of rotatable bonds is 3. The summed E-state index contributed by atoms with van der Waals surface area (Å²) in [4.78, 5) is 2.72. The van der Waals surface area contributed by atoms with Crippen molar-refractivity contribution in [3.8, 4) is 0 Å². The van der Waals surface area contributed by atoms with Crippen LogP contribution < -0.4 is 9.51 Å². The zero-order chi connectivity index (χ0) is 13.2. The summed E-state index contributed by atoms with van der Waals surface area (Å²) in [5.41, 5.74) is 2.10. The van der Waals surface area contributed by atoms with Gasteiger partial charge in [-0.05, 0) is 31.5 Å². The topological polar surface area (TPSA) is 50.1 Å². The van der Waals surface area contributed by atoms with E-state index in [0.717, 1.165) is 11.1 Å². The number of aromatic nitrogens is 1. The summed E-state index contributed by atoms with van der Waals surface area (Å²) in [6, 6.07) is 10.4. The molecule has 1 N–H and O–H groups in total. The summed E-state index contributed by atoms with van der Waals surface area (Å²) in [6.45, 7) is 3.86. The molecule has 18 heavy (non-hydrogen) atoms. The average Bonchev–Trinajstić information content (AvgIpc) is 2.32. The van der Waals surface area contributed by atoms with Crippen LogP contribution in [0.3, 0.4) is 0 Å². The molecule has 0 spiro atoms. The first-order valence-electron chi connectivity index (χ1n) is 5.55. The highest BCUT2D eigenvalue weighted by Crippen LogP contribution is 2.09. The summed E-state index contributed by atoms with van der Waals surface area (Å²) in [5, 5.41) is 0. The van der Waals surface area contributed by atoms with Crippen LogP contribution in [0.4, 0.5) is 0 Å². The molecule has 2 rings (SSSR count). The van der Waals surface area contributed by atoms with Gasteiger partial charge in [0.15, 0.2) is 0 Å². The Hall–Kier alpha value is -1.88. The minimum absolute atomic E-state index is 0.251. The van der Waals surface area contributed by atoms with Crippen LogP contribution in [0.15, 0.2) is 53.7 Å². The minimum Gasteiger partial charge on any atom is -0.197 e. The second kappa shape index (κ2) is 4.78. The lowest BCUT2D eigenvalue weighted by molar-refractivity contribution is -0.636. The second-order valence-corrected chi connectivity index (χ2v) is 5.85. The molecule has 0 radical (unpaired) electrons. The monoisotopic (exact) mass is 263 g/mol. The molecular weight excluding hydrogens is 248 g/mol. The standard InChI is InChI=1S/C13H15N2O2S/c1-11-3-5-13(6-4-11)18(16,17)14-15-9-7-12(2)8-10-15/h3-10,14H,1-2H3/q+1. The summed E-state index contributed by atoms with van der Waals surface area (Å²) in [7, 11) is -3.53. The zero-order valence-corrected chi connectivity index (χ0v) is 11.1. The summed E-state index contributed by atoms with van der Waals surface area (Å²) >= 11 is 0. The number of hydrogen-bond donors (Lipinski definition) is 1. The van der Waals surface area contributed by atoms with E-state index in [1.807, 2.05) is 26.0 Å². The van der Waals surface area contributed by atoms with E-state index in [0.29, 0.717) is 0 Å². The van der Waals surface area contributed by atoms with Gasteiger partial charge in [0, 0.05) is 12.1 Å². The van der Waals surface area contributed by atoms with Gasteiger partial charge in [0.2, 0.25) is 12.4 Å². The molecule has 1 aromatic carbocycles. The largest absolute Gasteiger partial charge is 0.306 e. The highest BCUT2D eigenvalue weighted by molar-refractivity contribution is 7.92. The number of hydrogen-bond acceptors (Lipinski definition) is 2. The smallest absolute Gasteiger partial charge is 0.197 e. The Kier molecular flexibility index (Phi) is 3.34. The predicted molar refractivity (Wildman–Crippen MR) is 69.1 cm³/mol. The van der Waals surface area contributed by atoms with E-state index in [-0.39, 0.29) is 4.90 Å². The predicted octanol–water partition coefficient (Wildman–Crippen LogP) is 1.52. The maximum absolute atomic E-state index is 12.1. The molecule has 94 valence electrons. The van der Waals surface area contributed by atoms with Crippen LogP contribution in [0.2, 0.25) is 0 Å². The Bertz CT molecular complexity index is 632. The van der Waals surface area contributed by atoms with Crippen LogP contribution in [-0.2, 0) is 10.0 Å². The molecule has 0 aliphatic carbocycles. The third-order valence-corrected chi connectivity index (χ3v) is 3.90. The molecule has 0 atom stereocenters. The van der Waals surface area contributed by atoms with Gasteiger partial charge in [0.05, 0.1) is 4.90 Å². The van der Waals surface area contributed by atoms with Crippen LogP contribution in [0.1, 0.15) is 11.1 Å². The van der Waals surface area contributed by atoms with E-state index < -0.39 is 10.0 Å².